The van der Waals surface area contributed by atoms with Gasteiger partial charge in [-0.1, -0.05) is 0 Å². The molecule has 0 aromatic heterocycles. The minimum absolute atomic E-state index is 0.689. The van der Waals surface area contributed by atoms with Gasteiger partial charge in [-0.2, -0.15) is 0 Å². The molecule has 8 aliphatic carbocycles. The van der Waals surface area contributed by atoms with Crippen LogP contribution in [-0.2, 0) is 0 Å². The molecule has 2 N–H and O–H groups in total. The van der Waals surface area contributed by atoms with Gasteiger partial charge < -0.3 is 10.6 Å². The molecule has 0 atom stereocenters. The van der Waals surface area contributed by atoms with Gasteiger partial charge in [-0.25, -0.2) is 0 Å². The molecule has 0 spiro atoms. The van der Waals surface area contributed by atoms with Gasteiger partial charge in [0.25, 0.3) is 0 Å². The van der Waals surface area contributed by atoms with Crippen LogP contribution in [0.5, 0.6) is 0 Å². The lowest BCUT2D eigenvalue weighted by atomic mass is 9.54. The molecular formula is C21H32N2S. The van der Waals surface area contributed by atoms with E-state index in [-0.39, 0.29) is 0 Å². The van der Waals surface area contributed by atoms with Crippen molar-refractivity contribution in [3.63, 3.8) is 0 Å². The van der Waals surface area contributed by atoms with Crippen LogP contribution in [0.4, 0.5) is 0 Å². The lowest BCUT2D eigenvalue weighted by Gasteiger charge is -2.56. The van der Waals surface area contributed by atoms with Crippen molar-refractivity contribution in [3.8, 4) is 0 Å². The van der Waals surface area contributed by atoms with Crippen LogP contribution < -0.4 is 10.6 Å². The topological polar surface area (TPSA) is 24.1 Å². The van der Waals surface area contributed by atoms with Crippen molar-refractivity contribution in [1.82, 2.24) is 10.6 Å². The monoisotopic (exact) mass is 344 g/mol. The summed E-state index contributed by atoms with van der Waals surface area (Å²) in [4.78, 5) is 0. The highest BCUT2D eigenvalue weighted by atomic mass is 32.1. The van der Waals surface area contributed by atoms with Gasteiger partial charge in [0.2, 0.25) is 0 Å². The summed E-state index contributed by atoms with van der Waals surface area (Å²) in [5.41, 5.74) is 0. The highest BCUT2D eigenvalue weighted by Crippen LogP contribution is 2.55. The maximum Gasteiger partial charge on any atom is 0.166 e. The average Bonchev–Trinajstić information content (AvgIpc) is 2.53. The molecule has 8 fully saturated rings. The van der Waals surface area contributed by atoms with Crippen LogP contribution in [0.25, 0.3) is 0 Å². The van der Waals surface area contributed by atoms with Crippen molar-refractivity contribution >= 4 is 17.3 Å². The fourth-order valence-corrected chi connectivity index (χ4v) is 8.94. The van der Waals surface area contributed by atoms with E-state index in [1.54, 1.807) is 0 Å². The molecule has 0 unspecified atom stereocenters. The predicted molar refractivity (Wildman–Crippen MR) is 101 cm³/mol. The van der Waals surface area contributed by atoms with Crippen molar-refractivity contribution in [1.29, 1.82) is 0 Å². The van der Waals surface area contributed by atoms with Crippen LogP contribution in [-0.4, -0.2) is 17.2 Å². The molecule has 3 heteroatoms. The zero-order valence-electron chi connectivity index (χ0n) is 14.8. The van der Waals surface area contributed by atoms with Crippen LogP contribution in [0.15, 0.2) is 0 Å². The van der Waals surface area contributed by atoms with Crippen molar-refractivity contribution in [2.45, 2.75) is 76.3 Å². The summed E-state index contributed by atoms with van der Waals surface area (Å²) in [7, 11) is 0. The standard InChI is InChI=1S/C21H32N2S/c24-21(22-19-15-3-11-1-12(5-15)6-16(19)4-11)23-20-17-7-13-2-14(9-17)10-18(20)8-13/h11-20H,1-10H2,(H2,22,23,24). The quantitative estimate of drug-likeness (QED) is 0.738. The van der Waals surface area contributed by atoms with Crippen LogP contribution >= 0.6 is 12.2 Å². The molecule has 0 amide bonds. The normalized spacial score (nSPS) is 56.5. The molecule has 0 aliphatic heterocycles. The van der Waals surface area contributed by atoms with Crippen LogP contribution in [0.2, 0.25) is 0 Å². The summed E-state index contributed by atoms with van der Waals surface area (Å²) in [5, 5.41) is 8.69. The molecule has 0 radical (unpaired) electrons. The zero-order valence-corrected chi connectivity index (χ0v) is 15.6. The summed E-state index contributed by atoms with van der Waals surface area (Å²) >= 11 is 5.83. The predicted octanol–water partition coefficient (Wildman–Crippen LogP) is 4.10. The Labute approximate surface area is 151 Å². The average molecular weight is 345 g/mol. The summed E-state index contributed by atoms with van der Waals surface area (Å²) in [6, 6.07) is 1.38. The largest absolute Gasteiger partial charge is 0.359 e. The van der Waals surface area contributed by atoms with E-state index < -0.39 is 0 Å². The van der Waals surface area contributed by atoms with E-state index in [1.807, 2.05) is 0 Å². The van der Waals surface area contributed by atoms with Crippen LogP contribution in [0.1, 0.15) is 64.2 Å². The van der Waals surface area contributed by atoms with Gasteiger partial charge in [-0.3, -0.25) is 0 Å². The number of nitrogens with one attached hydrogen (secondary N) is 2. The van der Waals surface area contributed by atoms with Gasteiger partial charge in [-0.15, -0.1) is 0 Å². The number of hydrogen-bond donors (Lipinski definition) is 2. The fourth-order valence-electron chi connectivity index (χ4n) is 8.67. The first-order valence-electron chi connectivity index (χ1n) is 10.8. The van der Waals surface area contributed by atoms with Crippen LogP contribution in [0, 0.1) is 47.3 Å². The SMILES string of the molecule is S=C(NC1C2CC3CC(C2)CC1C3)NC1C2CC3CC(C2)CC1C3. The van der Waals surface area contributed by atoms with E-state index >= 15 is 0 Å². The summed E-state index contributed by atoms with van der Waals surface area (Å²) in [6.45, 7) is 0. The van der Waals surface area contributed by atoms with Gasteiger partial charge in [0.1, 0.15) is 0 Å². The van der Waals surface area contributed by atoms with Crippen molar-refractivity contribution in [2.24, 2.45) is 47.3 Å². The van der Waals surface area contributed by atoms with Crippen LogP contribution in [0.3, 0.4) is 0 Å². The van der Waals surface area contributed by atoms with E-state index in [1.165, 1.54) is 64.2 Å². The van der Waals surface area contributed by atoms with Gasteiger partial charge in [0.15, 0.2) is 5.11 Å². The zero-order chi connectivity index (χ0) is 15.8. The second-order valence-corrected chi connectivity index (χ2v) is 10.9. The third kappa shape index (κ3) is 2.29. The molecular weight excluding hydrogens is 312 g/mol. The smallest absolute Gasteiger partial charge is 0.166 e. The lowest BCUT2D eigenvalue weighted by molar-refractivity contribution is -0.0123. The van der Waals surface area contributed by atoms with Gasteiger partial charge in [-0.05, 0) is 124 Å². The summed E-state index contributed by atoms with van der Waals surface area (Å²) in [6.07, 6.45) is 14.9. The number of rotatable bonds is 2. The summed E-state index contributed by atoms with van der Waals surface area (Å²) < 4.78 is 0. The molecule has 8 rings (SSSR count). The van der Waals surface area contributed by atoms with E-state index in [0.29, 0.717) is 12.1 Å². The Bertz CT molecular complexity index is 442. The second kappa shape index (κ2) is 5.34. The Morgan fingerprint density at radius 1 is 0.500 bits per heavy atom. The van der Waals surface area contributed by atoms with E-state index in [0.717, 1.165) is 52.5 Å². The minimum Gasteiger partial charge on any atom is -0.359 e. The Balaban J connectivity index is 1.12. The molecule has 0 saturated heterocycles. The van der Waals surface area contributed by atoms with Gasteiger partial charge in [0.05, 0.1) is 0 Å². The first kappa shape index (κ1) is 14.8. The molecule has 0 heterocycles. The van der Waals surface area contributed by atoms with E-state index in [2.05, 4.69) is 10.6 Å². The first-order valence-corrected chi connectivity index (χ1v) is 11.2. The number of hydrogen-bond acceptors (Lipinski definition) is 1. The van der Waals surface area contributed by atoms with Crippen molar-refractivity contribution in [2.75, 3.05) is 0 Å². The van der Waals surface area contributed by atoms with E-state index in [4.69, 9.17) is 12.2 Å². The van der Waals surface area contributed by atoms with E-state index in [9.17, 15) is 0 Å². The van der Waals surface area contributed by atoms with Crippen molar-refractivity contribution in [3.05, 3.63) is 0 Å². The molecule has 24 heavy (non-hydrogen) atoms. The Morgan fingerprint density at radius 3 is 1.08 bits per heavy atom. The molecule has 0 aromatic rings. The molecule has 132 valence electrons. The second-order valence-electron chi connectivity index (χ2n) is 10.5. The Morgan fingerprint density at radius 2 is 0.792 bits per heavy atom. The molecule has 0 aromatic carbocycles. The maximum atomic E-state index is 5.83. The fraction of sp³-hybridized carbons (Fsp3) is 0.952. The molecule has 8 aliphatic rings. The third-order valence-corrected chi connectivity index (χ3v) is 9.28. The Hall–Kier alpha value is -0.310. The summed E-state index contributed by atoms with van der Waals surface area (Å²) in [5.74, 6) is 7.87. The van der Waals surface area contributed by atoms with Gasteiger partial charge >= 0.3 is 0 Å². The van der Waals surface area contributed by atoms with Crippen molar-refractivity contribution < 1.29 is 0 Å². The highest BCUT2D eigenvalue weighted by molar-refractivity contribution is 7.80. The van der Waals surface area contributed by atoms with Gasteiger partial charge in [0, 0.05) is 12.1 Å². The molecule has 8 bridgehead atoms. The lowest BCUT2D eigenvalue weighted by Crippen LogP contribution is -2.61. The maximum absolute atomic E-state index is 5.83. The first-order chi connectivity index (χ1) is 11.7. The third-order valence-electron chi connectivity index (χ3n) is 9.05. The minimum atomic E-state index is 0.689. The number of thiocarbonyl (C=S) groups is 1. The highest BCUT2D eigenvalue weighted by Gasteiger charge is 2.50. The Kier molecular flexibility index (Phi) is 3.30. The molecule has 2 nitrogen and oxygen atoms in total. The molecule has 8 saturated carbocycles.